The molecule has 0 spiro atoms. The lowest BCUT2D eigenvalue weighted by atomic mass is 9.96. The highest BCUT2D eigenvalue weighted by Crippen LogP contribution is 2.22. The number of carbonyl (C=O) groups excluding carboxylic acids is 3. The molecule has 1 aliphatic heterocycles. The Morgan fingerprint density at radius 3 is 2.45 bits per heavy atom. The molecule has 1 aliphatic rings. The molecule has 1 saturated heterocycles. The summed E-state index contributed by atoms with van der Waals surface area (Å²) in [4.78, 5) is 55.2. The zero-order valence-corrected chi connectivity index (χ0v) is 20.1. The highest BCUT2D eigenvalue weighted by Gasteiger charge is 2.40. The van der Waals surface area contributed by atoms with Gasteiger partial charge in [0.1, 0.15) is 18.1 Å². The molecule has 0 aliphatic carbocycles. The fraction of sp³-hybridized carbons (Fsp3) is 0.750. The number of aliphatic carboxylic acids is 1. The van der Waals surface area contributed by atoms with Gasteiger partial charge >= 0.3 is 5.97 Å². The van der Waals surface area contributed by atoms with E-state index in [4.69, 9.17) is 22.3 Å². The van der Waals surface area contributed by atoms with Crippen LogP contribution in [-0.4, -0.2) is 82.7 Å². The molecule has 0 radical (unpaired) electrons. The van der Waals surface area contributed by atoms with Crippen LogP contribution in [0.1, 0.15) is 46.0 Å². The molecule has 1 heterocycles. The van der Waals surface area contributed by atoms with Gasteiger partial charge in [0.2, 0.25) is 17.7 Å². The number of guanidine groups is 1. The van der Waals surface area contributed by atoms with Gasteiger partial charge in [-0.15, -0.1) is 0 Å². The molecule has 5 atom stereocenters. The number of carbonyl (C=O) groups is 4. The molecule has 0 bridgehead atoms. The van der Waals surface area contributed by atoms with Crippen LogP contribution in [0.3, 0.4) is 0 Å². The van der Waals surface area contributed by atoms with Crippen LogP contribution >= 0.6 is 12.6 Å². The number of amides is 3. The summed E-state index contributed by atoms with van der Waals surface area (Å²) in [6.45, 7) is 4.40. The largest absolute Gasteiger partial charge is 0.480 e. The van der Waals surface area contributed by atoms with Crippen molar-refractivity contribution in [3.05, 3.63) is 0 Å². The molecule has 9 N–H and O–H groups in total. The van der Waals surface area contributed by atoms with Crippen molar-refractivity contribution in [1.29, 1.82) is 0 Å². The molecule has 0 aromatic rings. The quantitative estimate of drug-likeness (QED) is 0.0694. The molecule has 33 heavy (non-hydrogen) atoms. The highest BCUT2D eigenvalue weighted by atomic mass is 32.1. The zero-order valence-electron chi connectivity index (χ0n) is 19.2. The lowest BCUT2D eigenvalue weighted by Crippen LogP contribution is -2.58. The van der Waals surface area contributed by atoms with Crippen LogP contribution in [-0.2, 0) is 19.2 Å². The third kappa shape index (κ3) is 8.72. The van der Waals surface area contributed by atoms with Gasteiger partial charge in [0.25, 0.3) is 0 Å². The van der Waals surface area contributed by atoms with E-state index in [1.165, 1.54) is 4.90 Å². The zero-order chi connectivity index (χ0) is 25.1. The molecule has 1 rings (SSSR count). The van der Waals surface area contributed by atoms with E-state index in [9.17, 15) is 19.2 Å². The van der Waals surface area contributed by atoms with Crippen molar-refractivity contribution in [2.75, 3.05) is 18.8 Å². The molecule has 0 aromatic carbocycles. The van der Waals surface area contributed by atoms with Crippen LogP contribution in [0.4, 0.5) is 0 Å². The van der Waals surface area contributed by atoms with Gasteiger partial charge in [0, 0.05) is 18.8 Å². The molecule has 5 unspecified atom stereocenters. The number of likely N-dealkylation sites (tertiary alicyclic amines) is 1. The normalized spacial score (nSPS) is 19.2. The van der Waals surface area contributed by atoms with Crippen molar-refractivity contribution in [1.82, 2.24) is 15.5 Å². The number of nitrogens with one attached hydrogen (secondary N) is 2. The highest BCUT2D eigenvalue weighted by molar-refractivity contribution is 7.80. The second-order valence-electron chi connectivity index (χ2n) is 8.20. The van der Waals surface area contributed by atoms with Gasteiger partial charge < -0.3 is 37.8 Å². The Morgan fingerprint density at radius 1 is 1.24 bits per heavy atom. The van der Waals surface area contributed by atoms with Gasteiger partial charge in [0.05, 0.1) is 6.04 Å². The van der Waals surface area contributed by atoms with Crippen molar-refractivity contribution in [2.45, 2.75) is 70.1 Å². The van der Waals surface area contributed by atoms with Crippen molar-refractivity contribution < 1.29 is 24.3 Å². The van der Waals surface area contributed by atoms with E-state index in [0.717, 1.165) is 0 Å². The number of nitrogens with zero attached hydrogens (tertiary/aromatic N) is 2. The van der Waals surface area contributed by atoms with Gasteiger partial charge in [-0.1, -0.05) is 20.3 Å². The summed E-state index contributed by atoms with van der Waals surface area (Å²) in [5, 5.41) is 14.3. The Hall–Kier alpha value is -2.54. The number of thiol groups is 1. The SMILES string of the molecule is CCC(C)C(NC(=O)C(N)CCCN=C(N)N)C(=O)N1CCCC1C(=O)NC(CS)C(=O)O. The maximum absolute atomic E-state index is 13.4. The molecule has 0 aromatic heterocycles. The van der Waals surface area contributed by atoms with Crippen molar-refractivity contribution in [3.8, 4) is 0 Å². The van der Waals surface area contributed by atoms with Crippen molar-refractivity contribution >= 4 is 42.3 Å². The summed E-state index contributed by atoms with van der Waals surface area (Å²) in [6.07, 6.45) is 2.44. The third-order valence-corrected chi connectivity index (χ3v) is 6.08. The number of rotatable bonds is 13. The Morgan fingerprint density at radius 2 is 1.91 bits per heavy atom. The number of carboxylic acid groups (broad SMARTS) is 1. The van der Waals surface area contributed by atoms with Crippen LogP contribution < -0.4 is 27.8 Å². The minimum Gasteiger partial charge on any atom is -0.480 e. The predicted molar refractivity (Wildman–Crippen MR) is 127 cm³/mol. The van der Waals surface area contributed by atoms with Gasteiger partial charge in [-0.25, -0.2) is 4.79 Å². The van der Waals surface area contributed by atoms with E-state index < -0.39 is 42.0 Å². The summed E-state index contributed by atoms with van der Waals surface area (Å²) in [6, 6.07) is -3.67. The number of hydrogen-bond acceptors (Lipinski definition) is 7. The van der Waals surface area contributed by atoms with E-state index in [1.807, 2.05) is 13.8 Å². The molecule has 188 valence electrons. The lowest BCUT2D eigenvalue weighted by Gasteiger charge is -2.32. The summed E-state index contributed by atoms with van der Waals surface area (Å²) in [7, 11) is 0. The second-order valence-corrected chi connectivity index (χ2v) is 8.56. The molecular formula is C20H37N7O5S. The number of nitrogens with two attached hydrogens (primary N) is 3. The fourth-order valence-corrected chi connectivity index (χ4v) is 3.78. The lowest BCUT2D eigenvalue weighted by molar-refractivity contribution is -0.145. The predicted octanol–water partition coefficient (Wildman–Crippen LogP) is -1.61. The standard InChI is InChI=1S/C20H37N7O5S/c1-3-11(2)15(26-16(28)12(21)6-4-8-24-20(22)23)18(30)27-9-5-7-14(27)17(29)25-13(10-33)19(31)32/h11-15,33H,3-10,21H2,1-2H3,(H,25,29)(H,26,28)(H,31,32)(H4,22,23,24). The average molecular weight is 488 g/mol. The average Bonchev–Trinajstić information content (AvgIpc) is 3.26. The Bertz CT molecular complexity index is 732. The van der Waals surface area contributed by atoms with E-state index in [-0.39, 0.29) is 23.5 Å². The summed E-state index contributed by atoms with van der Waals surface area (Å²) in [5.41, 5.74) is 16.5. The first-order valence-electron chi connectivity index (χ1n) is 11.1. The van der Waals surface area contributed by atoms with E-state index in [1.54, 1.807) is 0 Å². The Kier molecular flexibility index (Phi) is 12.0. The summed E-state index contributed by atoms with van der Waals surface area (Å²) in [5.74, 6) is -2.93. The maximum Gasteiger partial charge on any atom is 0.327 e. The first kappa shape index (κ1) is 28.5. The fourth-order valence-electron chi connectivity index (χ4n) is 3.53. The molecular weight excluding hydrogens is 450 g/mol. The second kappa shape index (κ2) is 13.9. The minimum atomic E-state index is -1.20. The van der Waals surface area contributed by atoms with Gasteiger partial charge in [-0.2, -0.15) is 12.6 Å². The molecule has 1 fully saturated rings. The first-order valence-corrected chi connectivity index (χ1v) is 11.7. The Balaban J connectivity index is 2.86. The van der Waals surface area contributed by atoms with E-state index in [0.29, 0.717) is 45.2 Å². The van der Waals surface area contributed by atoms with Crippen molar-refractivity contribution in [3.63, 3.8) is 0 Å². The van der Waals surface area contributed by atoms with Gasteiger partial charge in [-0.05, 0) is 31.6 Å². The van der Waals surface area contributed by atoms with Crippen LogP contribution in [0.2, 0.25) is 0 Å². The smallest absolute Gasteiger partial charge is 0.327 e. The molecule has 12 nitrogen and oxygen atoms in total. The van der Waals surface area contributed by atoms with E-state index >= 15 is 0 Å². The summed E-state index contributed by atoms with van der Waals surface area (Å²) < 4.78 is 0. The maximum atomic E-state index is 13.4. The molecule has 3 amide bonds. The number of hydrogen-bond donors (Lipinski definition) is 7. The van der Waals surface area contributed by atoms with Gasteiger partial charge in [-0.3, -0.25) is 19.4 Å². The Labute approximate surface area is 199 Å². The van der Waals surface area contributed by atoms with Crippen LogP contribution in [0, 0.1) is 5.92 Å². The topological polar surface area (TPSA) is 206 Å². The van der Waals surface area contributed by atoms with Crippen LogP contribution in [0.5, 0.6) is 0 Å². The first-order chi connectivity index (χ1) is 15.5. The monoisotopic (exact) mass is 487 g/mol. The van der Waals surface area contributed by atoms with Crippen molar-refractivity contribution in [2.24, 2.45) is 28.1 Å². The van der Waals surface area contributed by atoms with Crippen LogP contribution in [0.25, 0.3) is 0 Å². The molecule has 0 saturated carbocycles. The van der Waals surface area contributed by atoms with Crippen LogP contribution in [0.15, 0.2) is 4.99 Å². The van der Waals surface area contributed by atoms with E-state index in [2.05, 4.69) is 28.3 Å². The number of carboxylic acids is 1. The number of aliphatic imine (C=N–C) groups is 1. The minimum absolute atomic E-state index is 0.0382. The van der Waals surface area contributed by atoms with Gasteiger partial charge in [0.15, 0.2) is 5.96 Å². The summed E-state index contributed by atoms with van der Waals surface area (Å²) >= 11 is 3.95. The third-order valence-electron chi connectivity index (χ3n) is 5.72. The molecule has 13 heteroatoms.